The van der Waals surface area contributed by atoms with E-state index >= 15 is 0 Å². The van der Waals surface area contributed by atoms with E-state index in [0.29, 0.717) is 21.7 Å². The number of aryl methyl sites for hydroxylation is 1. The highest BCUT2D eigenvalue weighted by atomic mass is 79.9. The molecule has 18 heavy (non-hydrogen) atoms. The Hall–Kier alpha value is -1.06. The Labute approximate surface area is 119 Å². The van der Waals surface area contributed by atoms with Gasteiger partial charge in [-0.25, -0.2) is 4.39 Å². The summed E-state index contributed by atoms with van der Waals surface area (Å²) in [5.41, 5.74) is 1.42. The molecule has 0 unspecified atom stereocenters. The minimum absolute atomic E-state index is 0.185. The monoisotopic (exact) mass is 328 g/mol. The summed E-state index contributed by atoms with van der Waals surface area (Å²) in [6.07, 6.45) is 0. The zero-order chi connectivity index (χ0) is 13.1. The molecule has 2 aromatic carbocycles. The predicted molar refractivity (Wildman–Crippen MR) is 75.3 cm³/mol. The summed E-state index contributed by atoms with van der Waals surface area (Å²) in [4.78, 5) is 0. The smallest absolute Gasteiger partial charge is 0.168 e. The molecule has 0 saturated carbocycles. The number of alkyl halides is 1. The Kier molecular flexibility index (Phi) is 4.25. The molecule has 0 aliphatic heterocycles. The molecular weight excluding hydrogens is 319 g/mol. The summed E-state index contributed by atoms with van der Waals surface area (Å²) in [5, 5.41) is 1.06. The van der Waals surface area contributed by atoms with Crippen LogP contribution in [0.5, 0.6) is 11.5 Å². The quantitative estimate of drug-likeness (QED) is 0.678. The van der Waals surface area contributed by atoms with E-state index < -0.39 is 0 Å². The Morgan fingerprint density at radius 3 is 2.67 bits per heavy atom. The number of hydrogen-bond donors (Lipinski definition) is 0. The largest absolute Gasteiger partial charge is 0.452 e. The van der Waals surface area contributed by atoms with Crippen molar-refractivity contribution in [1.29, 1.82) is 0 Å². The van der Waals surface area contributed by atoms with Gasteiger partial charge in [0.2, 0.25) is 0 Å². The van der Waals surface area contributed by atoms with Crippen LogP contribution in [0, 0.1) is 12.7 Å². The van der Waals surface area contributed by atoms with E-state index in [0.717, 1.165) is 5.56 Å². The van der Waals surface area contributed by atoms with Gasteiger partial charge in [0, 0.05) is 10.9 Å². The van der Waals surface area contributed by atoms with Gasteiger partial charge in [0.25, 0.3) is 0 Å². The van der Waals surface area contributed by atoms with Crippen molar-refractivity contribution >= 4 is 27.5 Å². The summed E-state index contributed by atoms with van der Waals surface area (Å²) in [7, 11) is 0. The number of ether oxygens (including phenoxy) is 1. The Morgan fingerprint density at radius 2 is 1.94 bits per heavy atom. The van der Waals surface area contributed by atoms with Crippen LogP contribution in [-0.4, -0.2) is 0 Å². The van der Waals surface area contributed by atoms with Crippen molar-refractivity contribution in [2.24, 2.45) is 0 Å². The lowest BCUT2D eigenvalue weighted by Crippen LogP contribution is -1.94. The maximum absolute atomic E-state index is 13.9. The third-order valence-electron chi connectivity index (χ3n) is 2.56. The van der Waals surface area contributed by atoms with Gasteiger partial charge in [0.15, 0.2) is 11.6 Å². The molecule has 0 spiro atoms. The molecule has 0 saturated heterocycles. The Bertz CT molecular complexity index is 572. The summed E-state index contributed by atoms with van der Waals surface area (Å²) in [6.45, 7) is 1.69. The topological polar surface area (TPSA) is 9.23 Å². The van der Waals surface area contributed by atoms with Crippen LogP contribution in [0.4, 0.5) is 4.39 Å². The minimum atomic E-state index is -0.363. The van der Waals surface area contributed by atoms with Crippen molar-refractivity contribution in [3.8, 4) is 11.5 Å². The van der Waals surface area contributed by atoms with E-state index in [2.05, 4.69) is 15.9 Å². The van der Waals surface area contributed by atoms with Crippen molar-refractivity contribution in [2.45, 2.75) is 12.3 Å². The summed E-state index contributed by atoms with van der Waals surface area (Å²) >= 11 is 9.44. The highest BCUT2D eigenvalue weighted by Crippen LogP contribution is 2.35. The first-order valence-electron chi connectivity index (χ1n) is 5.40. The molecule has 0 aliphatic carbocycles. The maximum Gasteiger partial charge on any atom is 0.168 e. The number of hydrogen-bond acceptors (Lipinski definition) is 1. The number of halogens is 3. The van der Waals surface area contributed by atoms with Crippen molar-refractivity contribution in [2.75, 3.05) is 0 Å². The van der Waals surface area contributed by atoms with Crippen LogP contribution in [0.3, 0.4) is 0 Å². The van der Waals surface area contributed by atoms with Crippen LogP contribution < -0.4 is 4.74 Å². The third kappa shape index (κ3) is 2.68. The molecule has 0 bridgehead atoms. The molecule has 0 aliphatic rings. The van der Waals surface area contributed by atoms with Crippen LogP contribution in [-0.2, 0) is 5.33 Å². The highest BCUT2D eigenvalue weighted by molar-refractivity contribution is 9.08. The van der Waals surface area contributed by atoms with E-state index in [1.807, 2.05) is 12.1 Å². The normalized spacial score (nSPS) is 10.4. The molecule has 94 valence electrons. The first-order valence-corrected chi connectivity index (χ1v) is 6.89. The third-order valence-corrected chi connectivity index (χ3v) is 3.46. The van der Waals surface area contributed by atoms with Crippen LogP contribution >= 0.6 is 27.5 Å². The summed E-state index contributed by atoms with van der Waals surface area (Å²) in [6, 6.07) is 10.5. The van der Waals surface area contributed by atoms with E-state index in [1.54, 1.807) is 31.2 Å². The van der Waals surface area contributed by atoms with Gasteiger partial charge in [0.05, 0.1) is 5.02 Å². The molecule has 0 aromatic heterocycles. The van der Waals surface area contributed by atoms with Crippen molar-refractivity contribution in [1.82, 2.24) is 0 Å². The number of para-hydroxylation sites is 1. The fraction of sp³-hybridized carbons (Fsp3) is 0.143. The van der Waals surface area contributed by atoms with Gasteiger partial charge in [-0.05, 0) is 24.6 Å². The van der Waals surface area contributed by atoms with Gasteiger partial charge in [-0.3, -0.25) is 0 Å². The summed E-state index contributed by atoms with van der Waals surface area (Å²) < 4.78 is 19.5. The standard InChI is InChI=1S/C14H11BrClFO/c1-9-4-2-7-12(13(9)17)18-14-10(8-15)5-3-6-11(14)16/h2-7H,8H2,1H3. The first kappa shape index (κ1) is 13.4. The predicted octanol–water partition coefficient (Wildman–Crippen LogP) is 5.47. The van der Waals surface area contributed by atoms with Crippen LogP contribution in [0.2, 0.25) is 5.02 Å². The maximum atomic E-state index is 13.9. The molecule has 0 radical (unpaired) electrons. The van der Waals surface area contributed by atoms with Crippen LogP contribution in [0.15, 0.2) is 36.4 Å². The molecule has 0 heterocycles. The fourth-order valence-corrected chi connectivity index (χ4v) is 2.26. The lowest BCUT2D eigenvalue weighted by molar-refractivity contribution is 0.437. The molecule has 0 fully saturated rings. The number of benzene rings is 2. The minimum Gasteiger partial charge on any atom is -0.452 e. The van der Waals surface area contributed by atoms with Gasteiger partial charge in [-0.2, -0.15) is 0 Å². The second kappa shape index (κ2) is 5.72. The Morgan fingerprint density at radius 1 is 1.22 bits per heavy atom. The van der Waals surface area contributed by atoms with Gasteiger partial charge in [0.1, 0.15) is 5.75 Å². The average molecular weight is 330 g/mol. The Balaban J connectivity index is 2.43. The van der Waals surface area contributed by atoms with E-state index in [9.17, 15) is 4.39 Å². The van der Waals surface area contributed by atoms with Crippen LogP contribution in [0.1, 0.15) is 11.1 Å². The van der Waals surface area contributed by atoms with Crippen molar-refractivity contribution < 1.29 is 9.13 Å². The van der Waals surface area contributed by atoms with E-state index in [-0.39, 0.29) is 11.6 Å². The van der Waals surface area contributed by atoms with Gasteiger partial charge in [-0.15, -0.1) is 0 Å². The molecule has 0 amide bonds. The first-order chi connectivity index (χ1) is 8.63. The lowest BCUT2D eigenvalue weighted by atomic mass is 10.2. The molecule has 4 heteroatoms. The highest BCUT2D eigenvalue weighted by Gasteiger charge is 2.12. The van der Waals surface area contributed by atoms with E-state index in [4.69, 9.17) is 16.3 Å². The van der Waals surface area contributed by atoms with Crippen LogP contribution in [0.25, 0.3) is 0 Å². The molecule has 0 N–H and O–H groups in total. The zero-order valence-electron chi connectivity index (χ0n) is 9.71. The van der Waals surface area contributed by atoms with Gasteiger partial charge < -0.3 is 4.74 Å². The van der Waals surface area contributed by atoms with E-state index in [1.165, 1.54) is 0 Å². The average Bonchev–Trinajstić information content (AvgIpc) is 2.37. The zero-order valence-corrected chi connectivity index (χ0v) is 12.1. The number of rotatable bonds is 3. The molecular formula is C14H11BrClFO. The fourth-order valence-electron chi connectivity index (χ4n) is 1.58. The van der Waals surface area contributed by atoms with Gasteiger partial charge >= 0.3 is 0 Å². The SMILES string of the molecule is Cc1cccc(Oc2c(Cl)cccc2CBr)c1F. The molecule has 2 rings (SSSR count). The lowest BCUT2D eigenvalue weighted by Gasteiger charge is -2.12. The van der Waals surface area contributed by atoms with Crippen molar-refractivity contribution in [3.05, 3.63) is 58.4 Å². The summed E-state index contributed by atoms with van der Waals surface area (Å²) in [5.74, 6) is 0.309. The molecule has 2 aromatic rings. The van der Waals surface area contributed by atoms with Gasteiger partial charge in [-0.1, -0.05) is 51.8 Å². The van der Waals surface area contributed by atoms with Crippen molar-refractivity contribution in [3.63, 3.8) is 0 Å². The molecule has 1 nitrogen and oxygen atoms in total. The second-order valence-corrected chi connectivity index (χ2v) is 4.82. The second-order valence-electron chi connectivity index (χ2n) is 3.85. The molecule has 0 atom stereocenters.